The molecule has 9 aromatic rings. The second-order valence-electron chi connectivity index (χ2n) is 13.5. The topological polar surface area (TPSA) is 64.5 Å². The highest BCUT2D eigenvalue weighted by molar-refractivity contribution is 5.89. The molecule has 0 amide bonds. The van der Waals surface area contributed by atoms with E-state index in [2.05, 4.69) is 119 Å². The quantitative estimate of drug-likeness (QED) is 0.166. The molecule has 2 aromatic heterocycles. The van der Waals surface area contributed by atoms with Crippen LogP contribution in [-0.2, 0) is 0 Å². The number of aryl methyl sites for hydroxylation is 2. The maximum Gasteiger partial charge on any atom is 0.164 e. The normalized spacial score (nSPS) is 11.1. The standard InChI is InChI=1S/C49H35N5/c1-32-27-33(2)51-46(50-32)40-24-21-36(22-25-40)35-17-19-37(20-18-35)43-29-44(42-26-23-34-11-9-10-16-41(34)28-42)31-45(30-43)49-53-47(38-12-5-3-6-13-38)52-48(54-49)39-14-7-4-8-15-39/h3-31H,1-2H3. The SMILES string of the molecule is Cc1cc(C)nc(-c2ccc(-c3ccc(-c4cc(-c5ccc6ccccc6c5)cc(-c5nc(-c6ccccc6)nc(-c6ccccc6)n5)c4)cc3)cc2)n1. The molecule has 0 saturated carbocycles. The smallest absolute Gasteiger partial charge is 0.164 e. The lowest BCUT2D eigenvalue weighted by Crippen LogP contribution is -2.00. The molecule has 0 fully saturated rings. The fraction of sp³-hybridized carbons (Fsp3) is 0.0408. The molecule has 0 radical (unpaired) electrons. The lowest BCUT2D eigenvalue weighted by molar-refractivity contribution is 1.06. The lowest BCUT2D eigenvalue weighted by atomic mass is 9.93. The Labute approximate surface area is 314 Å². The van der Waals surface area contributed by atoms with E-state index in [0.29, 0.717) is 17.5 Å². The van der Waals surface area contributed by atoms with Crippen LogP contribution in [0.2, 0.25) is 0 Å². The third-order valence-electron chi connectivity index (χ3n) is 9.65. The van der Waals surface area contributed by atoms with Crippen LogP contribution in [0, 0.1) is 13.8 Å². The summed E-state index contributed by atoms with van der Waals surface area (Å²) in [5.41, 5.74) is 12.4. The maximum absolute atomic E-state index is 5.08. The number of benzene rings is 7. The van der Waals surface area contributed by atoms with Gasteiger partial charge in [-0.05, 0) is 88.3 Å². The number of hydrogen-bond acceptors (Lipinski definition) is 5. The van der Waals surface area contributed by atoms with E-state index in [-0.39, 0.29) is 0 Å². The summed E-state index contributed by atoms with van der Waals surface area (Å²) in [5, 5.41) is 2.40. The summed E-state index contributed by atoms with van der Waals surface area (Å²) in [6, 6.07) is 61.2. The van der Waals surface area contributed by atoms with Crippen molar-refractivity contribution in [3.8, 4) is 78.9 Å². The first-order valence-electron chi connectivity index (χ1n) is 18.1. The van der Waals surface area contributed by atoms with Crippen LogP contribution in [0.1, 0.15) is 11.4 Å². The molecule has 0 aliphatic rings. The lowest BCUT2D eigenvalue weighted by Gasteiger charge is -2.13. The van der Waals surface area contributed by atoms with Crippen LogP contribution in [0.5, 0.6) is 0 Å². The third kappa shape index (κ3) is 6.79. The van der Waals surface area contributed by atoms with Gasteiger partial charge in [0.25, 0.3) is 0 Å². The summed E-state index contributed by atoms with van der Waals surface area (Å²) in [6.45, 7) is 4.01. The van der Waals surface area contributed by atoms with Gasteiger partial charge < -0.3 is 0 Å². The average molecular weight is 694 g/mol. The average Bonchev–Trinajstić information content (AvgIpc) is 3.23. The molecule has 0 bridgehead atoms. The largest absolute Gasteiger partial charge is 0.233 e. The van der Waals surface area contributed by atoms with Crippen molar-refractivity contribution in [2.45, 2.75) is 13.8 Å². The van der Waals surface area contributed by atoms with Gasteiger partial charge in [-0.2, -0.15) is 0 Å². The summed E-state index contributed by atoms with van der Waals surface area (Å²) in [5.74, 6) is 2.64. The van der Waals surface area contributed by atoms with Gasteiger partial charge in [0.15, 0.2) is 23.3 Å². The molecule has 5 heteroatoms. The van der Waals surface area contributed by atoms with E-state index in [1.165, 1.54) is 10.8 Å². The second kappa shape index (κ2) is 14.1. The van der Waals surface area contributed by atoms with Crippen molar-refractivity contribution in [3.63, 3.8) is 0 Å². The predicted molar refractivity (Wildman–Crippen MR) is 220 cm³/mol. The zero-order valence-electron chi connectivity index (χ0n) is 30.0. The fourth-order valence-corrected chi connectivity index (χ4v) is 6.92. The molecule has 0 unspecified atom stereocenters. The zero-order chi connectivity index (χ0) is 36.4. The van der Waals surface area contributed by atoms with Crippen LogP contribution in [0.25, 0.3) is 89.7 Å². The van der Waals surface area contributed by atoms with Gasteiger partial charge in [-0.3, -0.25) is 0 Å². The van der Waals surface area contributed by atoms with Crippen LogP contribution in [0.3, 0.4) is 0 Å². The number of rotatable bonds is 7. The van der Waals surface area contributed by atoms with Gasteiger partial charge in [0.1, 0.15) is 0 Å². The first-order chi connectivity index (χ1) is 26.5. The number of fused-ring (bicyclic) bond motifs is 1. The molecular formula is C49H35N5. The van der Waals surface area contributed by atoms with Crippen LogP contribution < -0.4 is 0 Å². The summed E-state index contributed by atoms with van der Waals surface area (Å²) >= 11 is 0. The van der Waals surface area contributed by atoms with E-state index in [1.54, 1.807) is 0 Å². The minimum atomic E-state index is 0.621. The van der Waals surface area contributed by atoms with Crippen molar-refractivity contribution < 1.29 is 0 Å². The Morgan fingerprint density at radius 2 is 0.611 bits per heavy atom. The Balaban J connectivity index is 1.14. The molecule has 54 heavy (non-hydrogen) atoms. The van der Waals surface area contributed by atoms with E-state index in [0.717, 1.165) is 72.8 Å². The van der Waals surface area contributed by atoms with Crippen molar-refractivity contribution in [2.24, 2.45) is 0 Å². The van der Waals surface area contributed by atoms with Gasteiger partial charge >= 0.3 is 0 Å². The third-order valence-corrected chi connectivity index (χ3v) is 9.65. The molecule has 0 aliphatic carbocycles. The molecule has 0 atom stereocenters. The highest BCUT2D eigenvalue weighted by Gasteiger charge is 2.15. The van der Waals surface area contributed by atoms with Crippen molar-refractivity contribution >= 4 is 10.8 Å². The van der Waals surface area contributed by atoms with Gasteiger partial charge in [-0.25, -0.2) is 24.9 Å². The van der Waals surface area contributed by atoms with Crippen LogP contribution >= 0.6 is 0 Å². The number of hydrogen-bond donors (Lipinski definition) is 0. The Morgan fingerprint density at radius 1 is 0.241 bits per heavy atom. The molecular weight excluding hydrogens is 659 g/mol. The molecule has 2 heterocycles. The maximum atomic E-state index is 5.08. The summed E-state index contributed by atoms with van der Waals surface area (Å²) in [6.07, 6.45) is 0. The Hall–Kier alpha value is -7.11. The highest BCUT2D eigenvalue weighted by Crippen LogP contribution is 2.35. The van der Waals surface area contributed by atoms with Gasteiger partial charge in [0.2, 0.25) is 0 Å². The van der Waals surface area contributed by atoms with Crippen molar-refractivity contribution in [2.75, 3.05) is 0 Å². The Morgan fingerprint density at radius 3 is 1.17 bits per heavy atom. The van der Waals surface area contributed by atoms with Crippen LogP contribution in [0.15, 0.2) is 176 Å². The van der Waals surface area contributed by atoms with E-state index < -0.39 is 0 Å². The number of aromatic nitrogens is 5. The molecule has 0 N–H and O–H groups in total. The Bertz CT molecular complexity index is 2680. The fourth-order valence-electron chi connectivity index (χ4n) is 6.92. The summed E-state index contributed by atoms with van der Waals surface area (Å²) in [7, 11) is 0. The monoisotopic (exact) mass is 693 g/mol. The van der Waals surface area contributed by atoms with Gasteiger partial charge in [0, 0.05) is 33.6 Å². The van der Waals surface area contributed by atoms with Gasteiger partial charge in [-0.15, -0.1) is 0 Å². The van der Waals surface area contributed by atoms with E-state index >= 15 is 0 Å². The first-order valence-corrected chi connectivity index (χ1v) is 18.1. The van der Waals surface area contributed by atoms with Gasteiger partial charge in [-0.1, -0.05) is 146 Å². The second-order valence-corrected chi connectivity index (χ2v) is 13.5. The first kappa shape index (κ1) is 32.8. The zero-order valence-corrected chi connectivity index (χ0v) is 30.0. The number of nitrogens with zero attached hydrogens (tertiary/aromatic N) is 5. The predicted octanol–water partition coefficient (Wildman–Crippen LogP) is 12.1. The van der Waals surface area contributed by atoms with Crippen molar-refractivity contribution in [1.82, 2.24) is 24.9 Å². The molecule has 7 aromatic carbocycles. The minimum absolute atomic E-state index is 0.621. The van der Waals surface area contributed by atoms with E-state index in [9.17, 15) is 0 Å². The minimum Gasteiger partial charge on any atom is -0.233 e. The molecule has 0 aliphatic heterocycles. The summed E-state index contributed by atoms with van der Waals surface area (Å²) in [4.78, 5) is 24.4. The highest BCUT2D eigenvalue weighted by atomic mass is 15.0. The molecule has 5 nitrogen and oxygen atoms in total. The molecule has 0 spiro atoms. The molecule has 256 valence electrons. The van der Waals surface area contributed by atoms with E-state index in [1.807, 2.05) is 80.6 Å². The van der Waals surface area contributed by atoms with Gasteiger partial charge in [0.05, 0.1) is 0 Å². The van der Waals surface area contributed by atoms with E-state index in [4.69, 9.17) is 15.0 Å². The Kier molecular flexibility index (Phi) is 8.58. The van der Waals surface area contributed by atoms with Crippen LogP contribution in [0.4, 0.5) is 0 Å². The molecule has 0 saturated heterocycles. The van der Waals surface area contributed by atoms with Crippen molar-refractivity contribution in [1.29, 1.82) is 0 Å². The van der Waals surface area contributed by atoms with Crippen LogP contribution in [-0.4, -0.2) is 24.9 Å². The summed E-state index contributed by atoms with van der Waals surface area (Å²) < 4.78 is 0. The van der Waals surface area contributed by atoms with Crippen molar-refractivity contribution in [3.05, 3.63) is 187 Å². The molecule has 9 rings (SSSR count).